The molecule has 0 aromatic heterocycles. The molecule has 0 atom stereocenters. The molecule has 31 heavy (non-hydrogen) atoms. The molecule has 0 bridgehead atoms. The minimum absolute atomic E-state index is 0.234. The van der Waals surface area contributed by atoms with Gasteiger partial charge in [0.1, 0.15) is 11.4 Å². The first-order valence-corrected chi connectivity index (χ1v) is 10.2. The summed E-state index contributed by atoms with van der Waals surface area (Å²) in [4.78, 5) is 28.2. The number of imide groups is 1. The van der Waals surface area contributed by atoms with Gasteiger partial charge in [0.2, 0.25) is 0 Å². The lowest BCUT2D eigenvalue weighted by atomic mass is 10.0. The van der Waals surface area contributed by atoms with Crippen molar-refractivity contribution in [3.05, 3.63) is 95.2 Å². The normalized spacial score (nSPS) is 13.7. The van der Waals surface area contributed by atoms with Gasteiger partial charge in [-0.1, -0.05) is 55.0 Å². The number of hydrogen-bond acceptors (Lipinski definition) is 4. The minimum atomic E-state index is -0.393. The van der Waals surface area contributed by atoms with E-state index in [1.165, 1.54) is 4.90 Å². The molecule has 3 aromatic carbocycles. The number of para-hydroxylation sites is 1. The first-order chi connectivity index (χ1) is 15.0. The van der Waals surface area contributed by atoms with Crippen molar-refractivity contribution in [1.29, 1.82) is 0 Å². The van der Waals surface area contributed by atoms with Crippen molar-refractivity contribution in [2.75, 3.05) is 17.3 Å². The zero-order chi connectivity index (χ0) is 22.0. The van der Waals surface area contributed by atoms with Crippen LogP contribution in [-0.4, -0.2) is 18.9 Å². The van der Waals surface area contributed by atoms with Crippen molar-refractivity contribution < 1.29 is 14.3 Å². The number of rotatable bonds is 6. The predicted molar refractivity (Wildman–Crippen MR) is 123 cm³/mol. The van der Waals surface area contributed by atoms with Crippen molar-refractivity contribution in [3.63, 3.8) is 0 Å². The molecule has 0 radical (unpaired) electrons. The zero-order valence-corrected chi connectivity index (χ0v) is 17.8. The minimum Gasteiger partial charge on any atom is -0.496 e. The van der Waals surface area contributed by atoms with Gasteiger partial charge in [0.25, 0.3) is 11.8 Å². The number of methoxy groups -OCH3 is 1. The molecular weight excluding hydrogens is 388 g/mol. The summed E-state index contributed by atoms with van der Waals surface area (Å²) < 4.78 is 5.48. The summed E-state index contributed by atoms with van der Waals surface area (Å²) in [6.07, 6.45) is 0.882. The summed E-state index contributed by atoms with van der Waals surface area (Å²) in [5.74, 6) is -0.242. The molecule has 4 rings (SSSR count). The van der Waals surface area contributed by atoms with E-state index in [1.54, 1.807) is 19.2 Å². The number of ether oxygens (including phenoxy) is 1. The van der Waals surface area contributed by atoms with Gasteiger partial charge in [0.05, 0.1) is 18.4 Å². The highest BCUT2D eigenvalue weighted by molar-refractivity contribution is 6.46. The van der Waals surface area contributed by atoms with Gasteiger partial charge in [-0.25, -0.2) is 4.90 Å². The first kappa shape index (κ1) is 20.4. The molecule has 0 aliphatic carbocycles. The standard InChI is InChI=1S/C26H24N2O3/c1-4-18-11-15-20(16-12-18)28-25(29)23(21-7-5-6-8-22(21)31-3)24(26(28)30)27-19-13-9-17(2)10-14-19/h5-16,27H,4H2,1-3H3. The van der Waals surface area contributed by atoms with Crippen LogP contribution in [0, 0.1) is 6.92 Å². The van der Waals surface area contributed by atoms with Gasteiger partial charge in [-0.3, -0.25) is 9.59 Å². The zero-order valence-electron chi connectivity index (χ0n) is 17.8. The molecule has 3 aromatic rings. The Morgan fingerprint density at radius 1 is 0.871 bits per heavy atom. The maximum Gasteiger partial charge on any atom is 0.282 e. The summed E-state index contributed by atoms with van der Waals surface area (Å²) in [7, 11) is 1.55. The summed E-state index contributed by atoms with van der Waals surface area (Å²) in [5.41, 5.74) is 4.62. The van der Waals surface area contributed by atoms with Crippen LogP contribution in [0.4, 0.5) is 11.4 Å². The number of nitrogens with one attached hydrogen (secondary N) is 1. The molecule has 2 amide bonds. The highest BCUT2D eigenvalue weighted by atomic mass is 16.5. The number of hydrogen-bond donors (Lipinski definition) is 1. The van der Waals surface area contributed by atoms with Crippen LogP contribution in [0.1, 0.15) is 23.6 Å². The maximum absolute atomic E-state index is 13.5. The number of nitrogens with zero attached hydrogens (tertiary/aromatic N) is 1. The van der Waals surface area contributed by atoms with Crippen molar-refractivity contribution in [2.24, 2.45) is 0 Å². The second kappa shape index (κ2) is 8.48. The summed E-state index contributed by atoms with van der Waals surface area (Å²) in [6.45, 7) is 4.06. The van der Waals surface area contributed by atoms with E-state index < -0.39 is 5.91 Å². The van der Waals surface area contributed by atoms with Crippen LogP contribution < -0.4 is 15.0 Å². The summed E-state index contributed by atoms with van der Waals surface area (Å²) in [5, 5.41) is 3.18. The lowest BCUT2D eigenvalue weighted by Crippen LogP contribution is -2.32. The molecule has 1 heterocycles. The van der Waals surface area contributed by atoms with Gasteiger partial charge in [0, 0.05) is 11.3 Å². The number of aryl methyl sites for hydroxylation is 2. The van der Waals surface area contributed by atoms with Gasteiger partial charge < -0.3 is 10.1 Å². The van der Waals surface area contributed by atoms with Crippen LogP contribution in [0.25, 0.3) is 5.57 Å². The molecule has 0 saturated carbocycles. The fourth-order valence-electron chi connectivity index (χ4n) is 3.64. The highest BCUT2D eigenvalue weighted by Gasteiger charge is 2.41. The van der Waals surface area contributed by atoms with Crippen LogP contribution in [0.5, 0.6) is 5.75 Å². The third-order valence-corrected chi connectivity index (χ3v) is 5.38. The van der Waals surface area contributed by atoms with E-state index >= 15 is 0 Å². The van der Waals surface area contributed by atoms with Crippen molar-refractivity contribution in [1.82, 2.24) is 0 Å². The SMILES string of the molecule is CCc1ccc(N2C(=O)C(Nc3ccc(C)cc3)=C(c3ccccc3OC)C2=O)cc1. The molecular formula is C26H24N2O3. The van der Waals surface area contributed by atoms with Crippen molar-refractivity contribution >= 4 is 28.8 Å². The molecule has 0 spiro atoms. The molecule has 5 heteroatoms. The van der Waals surface area contributed by atoms with E-state index in [-0.39, 0.29) is 11.6 Å². The Labute approximate surface area is 182 Å². The Kier molecular flexibility index (Phi) is 5.58. The molecule has 5 nitrogen and oxygen atoms in total. The van der Waals surface area contributed by atoms with Crippen LogP contribution in [0.3, 0.4) is 0 Å². The third kappa shape index (κ3) is 3.82. The Morgan fingerprint density at radius 3 is 2.19 bits per heavy atom. The van der Waals surface area contributed by atoms with E-state index in [9.17, 15) is 9.59 Å². The van der Waals surface area contributed by atoms with E-state index in [0.29, 0.717) is 22.6 Å². The smallest absolute Gasteiger partial charge is 0.282 e. The quantitative estimate of drug-likeness (QED) is 0.581. The van der Waals surface area contributed by atoms with Crippen molar-refractivity contribution in [2.45, 2.75) is 20.3 Å². The number of amides is 2. The molecule has 0 unspecified atom stereocenters. The van der Waals surface area contributed by atoms with Crippen LogP contribution in [0.15, 0.2) is 78.5 Å². The average molecular weight is 412 g/mol. The fourth-order valence-corrected chi connectivity index (χ4v) is 3.64. The lowest BCUT2D eigenvalue weighted by Gasteiger charge is -2.16. The highest BCUT2D eigenvalue weighted by Crippen LogP contribution is 2.37. The van der Waals surface area contributed by atoms with E-state index in [0.717, 1.165) is 23.2 Å². The molecule has 1 aliphatic rings. The summed E-state index contributed by atoms with van der Waals surface area (Å²) in [6, 6.07) is 22.4. The Balaban J connectivity index is 1.83. The Morgan fingerprint density at radius 2 is 1.55 bits per heavy atom. The van der Waals surface area contributed by atoms with Gasteiger partial charge in [0.15, 0.2) is 0 Å². The molecule has 1 aliphatic heterocycles. The molecule has 0 fully saturated rings. The van der Waals surface area contributed by atoms with Gasteiger partial charge in [-0.05, 0) is 49.2 Å². The number of benzene rings is 3. The largest absolute Gasteiger partial charge is 0.496 e. The number of carbonyl (C=O) groups is 2. The first-order valence-electron chi connectivity index (χ1n) is 10.2. The summed E-state index contributed by atoms with van der Waals surface area (Å²) >= 11 is 0. The predicted octanol–water partition coefficient (Wildman–Crippen LogP) is 4.96. The van der Waals surface area contributed by atoms with E-state index in [2.05, 4.69) is 12.2 Å². The monoisotopic (exact) mass is 412 g/mol. The molecule has 1 N–H and O–H groups in total. The Bertz CT molecular complexity index is 1160. The van der Waals surface area contributed by atoms with Crippen molar-refractivity contribution in [3.8, 4) is 5.75 Å². The van der Waals surface area contributed by atoms with Gasteiger partial charge >= 0.3 is 0 Å². The maximum atomic E-state index is 13.5. The van der Waals surface area contributed by atoms with Crippen LogP contribution in [0.2, 0.25) is 0 Å². The number of anilines is 2. The second-order valence-electron chi connectivity index (χ2n) is 7.41. The van der Waals surface area contributed by atoms with Crippen LogP contribution in [-0.2, 0) is 16.0 Å². The van der Waals surface area contributed by atoms with Gasteiger partial charge in [-0.15, -0.1) is 0 Å². The average Bonchev–Trinajstić information content (AvgIpc) is 3.04. The molecule has 156 valence electrons. The fraction of sp³-hybridized carbons (Fsp3) is 0.154. The Hall–Kier alpha value is -3.86. The lowest BCUT2D eigenvalue weighted by molar-refractivity contribution is -0.120. The second-order valence-corrected chi connectivity index (χ2v) is 7.41. The van der Waals surface area contributed by atoms with E-state index in [1.807, 2.05) is 67.6 Å². The van der Waals surface area contributed by atoms with E-state index in [4.69, 9.17) is 4.74 Å². The molecule has 0 saturated heterocycles. The topological polar surface area (TPSA) is 58.6 Å². The number of carbonyl (C=O) groups excluding carboxylic acids is 2. The third-order valence-electron chi connectivity index (χ3n) is 5.38. The van der Waals surface area contributed by atoms with Gasteiger partial charge in [-0.2, -0.15) is 0 Å². The van der Waals surface area contributed by atoms with Crippen LogP contribution >= 0.6 is 0 Å².